The molecule has 0 fully saturated rings. The predicted octanol–water partition coefficient (Wildman–Crippen LogP) is 0.614. The fourth-order valence-electron chi connectivity index (χ4n) is 3.07. The van der Waals surface area contributed by atoms with Gasteiger partial charge in [0.05, 0.1) is 6.42 Å². The summed E-state index contributed by atoms with van der Waals surface area (Å²) >= 11 is 0. The molecule has 0 spiro atoms. The molecule has 4 N–H and O–H groups in total. The standard InChI is InChI=1S/C20H34N4O4/c1-5-9-19(28)24-20(10-6-13-21-16(2)25,11-7-14-22-17(3)26)12-8-15-23-18(4)27/h1H,6-15H2,2-4H3,(H,21,25)(H,22,26)(H,23,27)(H,24,28). The first-order chi connectivity index (χ1) is 13.2. The van der Waals surface area contributed by atoms with E-state index >= 15 is 0 Å². The van der Waals surface area contributed by atoms with Gasteiger partial charge < -0.3 is 21.3 Å². The molecule has 0 aliphatic rings. The molecule has 0 unspecified atom stereocenters. The van der Waals surface area contributed by atoms with Crippen molar-refractivity contribution in [2.45, 2.75) is 71.3 Å². The van der Waals surface area contributed by atoms with Crippen LogP contribution in [0.3, 0.4) is 0 Å². The number of carbonyl (C=O) groups is 4. The first-order valence-corrected chi connectivity index (χ1v) is 9.68. The van der Waals surface area contributed by atoms with Gasteiger partial charge in [0, 0.05) is 45.9 Å². The summed E-state index contributed by atoms with van der Waals surface area (Å²) < 4.78 is 0. The van der Waals surface area contributed by atoms with Crippen LogP contribution in [0.4, 0.5) is 0 Å². The van der Waals surface area contributed by atoms with Crippen molar-refractivity contribution in [3.63, 3.8) is 0 Å². The van der Waals surface area contributed by atoms with E-state index in [4.69, 9.17) is 6.42 Å². The van der Waals surface area contributed by atoms with Gasteiger partial charge in [-0.2, -0.15) is 0 Å². The summed E-state index contributed by atoms with van der Waals surface area (Å²) in [7, 11) is 0. The highest BCUT2D eigenvalue weighted by atomic mass is 16.2. The number of carbonyl (C=O) groups excluding carboxylic acids is 4. The molecule has 0 aromatic carbocycles. The molecule has 0 atom stereocenters. The fourth-order valence-corrected chi connectivity index (χ4v) is 3.07. The van der Waals surface area contributed by atoms with Crippen molar-refractivity contribution < 1.29 is 19.2 Å². The molecule has 0 radical (unpaired) electrons. The second-order valence-corrected chi connectivity index (χ2v) is 6.97. The van der Waals surface area contributed by atoms with Crippen LogP contribution in [0.2, 0.25) is 0 Å². The Hall–Kier alpha value is -2.56. The molecule has 0 saturated carbocycles. The van der Waals surface area contributed by atoms with Gasteiger partial charge in [0.1, 0.15) is 0 Å². The van der Waals surface area contributed by atoms with E-state index in [1.165, 1.54) is 20.8 Å². The predicted molar refractivity (Wildman–Crippen MR) is 108 cm³/mol. The van der Waals surface area contributed by atoms with Crippen LogP contribution in [0, 0.1) is 12.3 Å². The quantitative estimate of drug-likeness (QED) is 0.255. The van der Waals surface area contributed by atoms with Crippen LogP contribution in [-0.2, 0) is 19.2 Å². The van der Waals surface area contributed by atoms with E-state index in [-0.39, 0.29) is 30.0 Å². The van der Waals surface area contributed by atoms with Gasteiger partial charge in [0.2, 0.25) is 23.6 Å². The molecule has 0 saturated heterocycles. The van der Waals surface area contributed by atoms with Crippen LogP contribution in [0.5, 0.6) is 0 Å². The summed E-state index contributed by atoms with van der Waals surface area (Å²) in [6, 6.07) is 0. The lowest BCUT2D eigenvalue weighted by Crippen LogP contribution is -2.49. The Morgan fingerprint density at radius 1 is 0.750 bits per heavy atom. The van der Waals surface area contributed by atoms with Gasteiger partial charge in [-0.1, -0.05) is 5.92 Å². The molecule has 28 heavy (non-hydrogen) atoms. The highest BCUT2D eigenvalue weighted by Crippen LogP contribution is 2.25. The summed E-state index contributed by atoms with van der Waals surface area (Å²) in [6.07, 6.45) is 9.29. The smallest absolute Gasteiger partial charge is 0.232 e. The maximum absolute atomic E-state index is 12.2. The van der Waals surface area contributed by atoms with Gasteiger partial charge in [0.15, 0.2) is 0 Å². The van der Waals surface area contributed by atoms with Crippen LogP contribution in [0.15, 0.2) is 0 Å². The van der Waals surface area contributed by atoms with Gasteiger partial charge in [-0.05, 0) is 38.5 Å². The van der Waals surface area contributed by atoms with E-state index in [1.54, 1.807) is 0 Å². The minimum absolute atomic E-state index is 0.00909. The highest BCUT2D eigenvalue weighted by molar-refractivity contribution is 5.79. The molecular weight excluding hydrogens is 360 g/mol. The highest BCUT2D eigenvalue weighted by Gasteiger charge is 2.30. The molecule has 4 amide bonds. The largest absolute Gasteiger partial charge is 0.356 e. The molecule has 8 nitrogen and oxygen atoms in total. The minimum Gasteiger partial charge on any atom is -0.356 e. The summed E-state index contributed by atoms with van der Waals surface area (Å²) in [5, 5.41) is 11.4. The van der Waals surface area contributed by atoms with Crippen LogP contribution in [0.1, 0.15) is 65.7 Å². The van der Waals surface area contributed by atoms with E-state index in [9.17, 15) is 19.2 Å². The zero-order valence-electron chi connectivity index (χ0n) is 17.3. The maximum Gasteiger partial charge on any atom is 0.232 e. The van der Waals surface area contributed by atoms with Crippen molar-refractivity contribution in [2.24, 2.45) is 0 Å². The third-order valence-corrected chi connectivity index (χ3v) is 4.29. The van der Waals surface area contributed by atoms with Crippen LogP contribution in [0.25, 0.3) is 0 Å². The second-order valence-electron chi connectivity index (χ2n) is 6.97. The summed E-state index contributed by atoms with van der Waals surface area (Å²) in [6.45, 7) is 5.92. The van der Waals surface area contributed by atoms with Crippen molar-refractivity contribution in [1.29, 1.82) is 0 Å². The molecule has 8 heteroatoms. The van der Waals surface area contributed by atoms with E-state index in [2.05, 4.69) is 27.2 Å². The number of rotatable bonds is 14. The average molecular weight is 395 g/mol. The SMILES string of the molecule is C#CCC(=O)NC(CCCNC(C)=O)(CCCNC(C)=O)CCCNC(C)=O. The lowest BCUT2D eigenvalue weighted by molar-refractivity contribution is -0.123. The van der Waals surface area contributed by atoms with Crippen molar-refractivity contribution in [3.05, 3.63) is 0 Å². The number of nitrogens with one attached hydrogen (secondary N) is 4. The Morgan fingerprint density at radius 2 is 1.11 bits per heavy atom. The van der Waals surface area contributed by atoms with Crippen LogP contribution in [-0.4, -0.2) is 48.8 Å². The minimum atomic E-state index is -0.511. The Labute approximate surface area is 168 Å². The van der Waals surface area contributed by atoms with E-state index in [0.29, 0.717) is 58.2 Å². The van der Waals surface area contributed by atoms with Crippen LogP contribution >= 0.6 is 0 Å². The topological polar surface area (TPSA) is 116 Å². The first kappa shape index (κ1) is 25.4. The van der Waals surface area contributed by atoms with Crippen LogP contribution < -0.4 is 21.3 Å². The number of hydrogen-bond acceptors (Lipinski definition) is 4. The molecule has 158 valence electrons. The Bertz CT molecular complexity index is 514. The molecule has 0 bridgehead atoms. The molecule has 0 aliphatic heterocycles. The lowest BCUT2D eigenvalue weighted by atomic mass is 9.83. The number of hydrogen-bond donors (Lipinski definition) is 4. The number of amides is 4. The third kappa shape index (κ3) is 13.6. The van der Waals surface area contributed by atoms with E-state index in [1.807, 2.05) is 0 Å². The molecule has 0 heterocycles. The van der Waals surface area contributed by atoms with Crippen molar-refractivity contribution in [2.75, 3.05) is 19.6 Å². The zero-order chi connectivity index (χ0) is 21.4. The molecule has 0 aromatic heterocycles. The summed E-state index contributed by atoms with van der Waals surface area (Å²) in [5.74, 6) is 1.84. The van der Waals surface area contributed by atoms with E-state index in [0.717, 1.165) is 0 Å². The molecular formula is C20H34N4O4. The molecule has 0 aliphatic carbocycles. The monoisotopic (exact) mass is 394 g/mol. The molecule has 0 aromatic rings. The Morgan fingerprint density at radius 3 is 1.39 bits per heavy atom. The summed E-state index contributed by atoms with van der Waals surface area (Å²) in [5.41, 5.74) is -0.511. The Kier molecular flexibility index (Phi) is 13.2. The Balaban J connectivity index is 5.07. The normalized spacial score (nSPS) is 10.5. The lowest BCUT2D eigenvalue weighted by Gasteiger charge is -2.35. The van der Waals surface area contributed by atoms with Crippen molar-refractivity contribution in [1.82, 2.24) is 21.3 Å². The fraction of sp³-hybridized carbons (Fsp3) is 0.700. The van der Waals surface area contributed by atoms with Gasteiger partial charge in [-0.25, -0.2) is 0 Å². The number of terminal acetylenes is 1. The zero-order valence-corrected chi connectivity index (χ0v) is 17.3. The summed E-state index contributed by atoms with van der Waals surface area (Å²) in [4.78, 5) is 45.5. The van der Waals surface area contributed by atoms with Gasteiger partial charge in [-0.3, -0.25) is 19.2 Å². The van der Waals surface area contributed by atoms with Gasteiger partial charge in [-0.15, -0.1) is 6.42 Å². The van der Waals surface area contributed by atoms with Crippen molar-refractivity contribution >= 4 is 23.6 Å². The molecule has 0 rings (SSSR count). The maximum atomic E-state index is 12.2. The van der Waals surface area contributed by atoms with E-state index < -0.39 is 5.54 Å². The third-order valence-electron chi connectivity index (χ3n) is 4.29. The van der Waals surface area contributed by atoms with Gasteiger partial charge >= 0.3 is 0 Å². The second kappa shape index (κ2) is 14.5. The first-order valence-electron chi connectivity index (χ1n) is 9.68. The average Bonchev–Trinajstić information content (AvgIpc) is 2.59. The van der Waals surface area contributed by atoms with Crippen molar-refractivity contribution in [3.8, 4) is 12.3 Å². The van der Waals surface area contributed by atoms with Gasteiger partial charge in [0.25, 0.3) is 0 Å².